The van der Waals surface area contributed by atoms with Crippen LogP contribution >= 0.6 is 11.3 Å². The smallest absolute Gasteiger partial charge is 0.341 e. The number of carbonyl (C=O) groups is 3. The summed E-state index contributed by atoms with van der Waals surface area (Å²) < 4.78 is 5.34. The maximum absolute atomic E-state index is 12.7. The molecule has 3 rings (SSSR count). The van der Waals surface area contributed by atoms with Crippen molar-refractivity contribution in [3.63, 3.8) is 0 Å². The molecule has 1 heterocycles. The minimum atomic E-state index is -0.545. The molecule has 1 N–H and O–H groups in total. The minimum absolute atomic E-state index is 0.228. The van der Waals surface area contributed by atoms with Gasteiger partial charge in [-0.2, -0.15) is 0 Å². The van der Waals surface area contributed by atoms with E-state index in [2.05, 4.69) is 5.32 Å². The van der Waals surface area contributed by atoms with E-state index in [-0.39, 0.29) is 18.3 Å². The predicted octanol–water partition coefficient (Wildman–Crippen LogP) is 4.24. The van der Waals surface area contributed by atoms with Gasteiger partial charge in [-0.25, -0.2) is 4.79 Å². The number of carbonyl (C=O) groups excluding carboxylic acids is 3. The van der Waals surface area contributed by atoms with E-state index in [1.54, 1.807) is 6.07 Å². The molecule has 0 saturated heterocycles. The molecule has 0 spiro atoms. The summed E-state index contributed by atoms with van der Waals surface area (Å²) in [7, 11) is 0. The van der Waals surface area contributed by atoms with Gasteiger partial charge in [0.2, 0.25) is 11.7 Å². The molecule has 0 radical (unpaired) electrons. The first-order chi connectivity index (χ1) is 12.9. The van der Waals surface area contributed by atoms with Crippen LogP contribution in [0, 0.1) is 13.8 Å². The maximum atomic E-state index is 12.7. The molecule has 5 nitrogen and oxygen atoms in total. The number of fused-ring (bicyclic) bond motifs is 1. The fourth-order valence-electron chi connectivity index (χ4n) is 3.44. The van der Waals surface area contributed by atoms with E-state index in [0.29, 0.717) is 16.1 Å². The molecule has 0 fully saturated rings. The summed E-state index contributed by atoms with van der Waals surface area (Å²) in [5, 5.41) is 3.27. The van der Waals surface area contributed by atoms with Crippen molar-refractivity contribution in [2.24, 2.45) is 0 Å². The van der Waals surface area contributed by atoms with Crippen molar-refractivity contribution in [1.29, 1.82) is 0 Å². The molecular weight excluding hydrogens is 362 g/mol. The third-order valence-corrected chi connectivity index (χ3v) is 5.89. The summed E-state index contributed by atoms with van der Waals surface area (Å²) in [5.41, 5.74) is 3.87. The second-order valence-electron chi connectivity index (χ2n) is 6.91. The highest BCUT2D eigenvalue weighted by molar-refractivity contribution is 7.17. The van der Waals surface area contributed by atoms with E-state index >= 15 is 0 Å². The standard InChI is InChI=1S/C21H23NO4S/c1-12-8-9-15(13(2)10-12)17(24)11-26-21(25)19-16-6-4-5-7-18(16)27-20(19)22-14(3)23/h8-10H,4-7,11H2,1-3H3,(H,22,23). The lowest BCUT2D eigenvalue weighted by Gasteiger charge is -2.13. The number of nitrogens with one attached hydrogen (secondary N) is 1. The molecule has 142 valence electrons. The van der Waals surface area contributed by atoms with Crippen molar-refractivity contribution in [2.45, 2.75) is 46.5 Å². The van der Waals surface area contributed by atoms with Gasteiger partial charge >= 0.3 is 5.97 Å². The predicted molar refractivity (Wildman–Crippen MR) is 106 cm³/mol. The number of aryl methyl sites for hydroxylation is 3. The van der Waals surface area contributed by atoms with Crippen LogP contribution in [0.2, 0.25) is 0 Å². The van der Waals surface area contributed by atoms with Crippen LogP contribution in [-0.4, -0.2) is 24.3 Å². The van der Waals surface area contributed by atoms with Gasteiger partial charge in [0.25, 0.3) is 0 Å². The first-order valence-corrected chi connectivity index (χ1v) is 9.88. The van der Waals surface area contributed by atoms with E-state index in [1.165, 1.54) is 18.3 Å². The Bertz CT molecular complexity index is 913. The Morgan fingerprint density at radius 1 is 1.15 bits per heavy atom. The Morgan fingerprint density at radius 3 is 2.59 bits per heavy atom. The Morgan fingerprint density at radius 2 is 1.89 bits per heavy atom. The average molecular weight is 385 g/mol. The van der Waals surface area contributed by atoms with Gasteiger partial charge in [0.1, 0.15) is 5.00 Å². The van der Waals surface area contributed by atoms with Gasteiger partial charge in [0.15, 0.2) is 6.61 Å². The number of Topliss-reactive ketones (excluding diaryl/α,β-unsaturated/α-hetero) is 1. The van der Waals surface area contributed by atoms with Gasteiger partial charge in [-0.1, -0.05) is 23.8 Å². The zero-order valence-corrected chi connectivity index (χ0v) is 16.6. The maximum Gasteiger partial charge on any atom is 0.341 e. The number of hydrogen-bond acceptors (Lipinski definition) is 5. The van der Waals surface area contributed by atoms with E-state index < -0.39 is 5.97 Å². The van der Waals surface area contributed by atoms with Crippen LogP contribution in [0.15, 0.2) is 18.2 Å². The normalized spacial score (nSPS) is 13.0. The molecule has 1 aromatic heterocycles. The summed E-state index contributed by atoms with van der Waals surface area (Å²) in [5.74, 6) is -1.00. The van der Waals surface area contributed by atoms with Crippen molar-refractivity contribution >= 4 is 34.0 Å². The molecule has 0 unspecified atom stereocenters. The first kappa shape index (κ1) is 19.3. The lowest BCUT2D eigenvalue weighted by atomic mass is 9.95. The molecule has 2 aromatic rings. The van der Waals surface area contributed by atoms with Gasteiger partial charge in [-0.3, -0.25) is 9.59 Å². The first-order valence-electron chi connectivity index (χ1n) is 9.06. The van der Waals surface area contributed by atoms with Crippen molar-refractivity contribution in [2.75, 3.05) is 11.9 Å². The highest BCUT2D eigenvalue weighted by Crippen LogP contribution is 2.38. The van der Waals surface area contributed by atoms with Crippen molar-refractivity contribution in [3.8, 4) is 0 Å². The van der Waals surface area contributed by atoms with Crippen LogP contribution in [0.4, 0.5) is 5.00 Å². The molecule has 1 aliphatic carbocycles. The highest BCUT2D eigenvalue weighted by Gasteiger charge is 2.27. The number of ether oxygens (including phenoxy) is 1. The lowest BCUT2D eigenvalue weighted by molar-refractivity contribution is -0.114. The number of hydrogen-bond donors (Lipinski definition) is 1. The molecule has 0 aliphatic heterocycles. The largest absolute Gasteiger partial charge is 0.454 e. The summed E-state index contributed by atoms with van der Waals surface area (Å²) >= 11 is 1.44. The number of thiophene rings is 1. The number of benzene rings is 1. The number of esters is 1. The number of ketones is 1. The second-order valence-corrected chi connectivity index (χ2v) is 8.02. The van der Waals surface area contributed by atoms with Gasteiger partial charge < -0.3 is 10.1 Å². The summed E-state index contributed by atoms with van der Waals surface area (Å²) in [6, 6.07) is 5.56. The van der Waals surface area contributed by atoms with Gasteiger partial charge in [0.05, 0.1) is 5.56 Å². The molecule has 0 saturated carbocycles. The molecule has 1 amide bonds. The van der Waals surface area contributed by atoms with Crippen molar-refractivity contribution in [1.82, 2.24) is 0 Å². The fourth-order valence-corrected chi connectivity index (χ4v) is 4.76. The molecule has 1 aliphatic rings. The molecule has 27 heavy (non-hydrogen) atoms. The highest BCUT2D eigenvalue weighted by atomic mass is 32.1. The number of anilines is 1. The Labute approximate surface area is 162 Å². The van der Waals surface area contributed by atoms with Gasteiger partial charge in [-0.05, 0) is 50.7 Å². The fraction of sp³-hybridized carbons (Fsp3) is 0.381. The molecule has 1 aromatic carbocycles. The zero-order chi connectivity index (χ0) is 19.6. The van der Waals surface area contributed by atoms with Gasteiger partial charge in [0, 0.05) is 17.4 Å². The number of amides is 1. The third-order valence-electron chi connectivity index (χ3n) is 4.68. The Balaban J connectivity index is 1.78. The lowest BCUT2D eigenvalue weighted by Crippen LogP contribution is -2.18. The van der Waals surface area contributed by atoms with Crippen LogP contribution in [-0.2, 0) is 22.4 Å². The quantitative estimate of drug-likeness (QED) is 0.617. The van der Waals surface area contributed by atoms with Crippen LogP contribution < -0.4 is 5.32 Å². The van der Waals surface area contributed by atoms with Crippen LogP contribution in [0.5, 0.6) is 0 Å². The van der Waals surface area contributed by atoms with E-state index in [1.807, 2.05) is 26.0 Å². The number of rotatable bonds is 5. The van der Waals surface area contributed by atoms with E-state index in [0.717, 1.165) is 47.3 Å². The Hall–Kier alpha value is -2.47. The molecular formula is C21H23NO4S. The van der Waals surface area contributed by atoms with Crippen molar-refractivity contribution < 1.29 is 19.1 Å². The van der Waals surface area contributed by atoms with Crippen LogP contribution in [0.25, 0.3) is 0 Å². The molecule has 0 atom stereocenters. The van der Waals surface area contributed by atoms with E-state index in [9.17, 15) is 14.4 Å². The van der Waals surface area contributed by atoms with E-state index in [4.69, 9.17) is 4.74 Å². The molecule has 0 bridgehead atoms. The Kier molecular flexibility index (Phi) is 5.75. The SMILES string of the molecule is CC(=O)Nc1sc2c(c1C(=O)OCC(=O)c1ccc(C)cc1C)CCCC2. The summed E-state index contributed by atoms with van der Waals surface area (Å²) in [6.45, 7) is 4.93. The van der Waals surface area contributed by atoms with Crippen molar-refractivity contribution in [3.05, 3.63) is 50.9 Å². The summed E-state index contributed by atoms with van der Waals surface area (Å²) in [6.07, 6.45) is 3.78. The average Bonchev–Trinajstić information content (AvgIpc) is 2.96. The summed E-state index contributed by atoms with van der Waals surface area (Å²) in [4.78, 5) is 37.8. The minimum Gasteiger partial charge on any atom is -0.454 e. The van der Waals surface area contributed by atoms with Crippen LogP contribution in [0.3, 0.4) is 0 Å². The van der Waals surface area contributed by atoms with Gasteiger partial charge in [-0.15, -0.1) is 11.3 Å². The van der Waals surface area contributed by atoms with Crippen LogP contribution in [0.1, 0.15) is 62.0 Å². The monoisotopic (exact) mass is 385 g/mol. The third kappa shape index (κ3) is 4.27. The zero-order valence-electron chi connectivity index (χ0n) is 15.8. The molecule has 6 heteroatoms. The second kappa shape index (κ2) is 8.05. The topological polar surface area (TPSA) is 72.5 Å².